The van der Waals surface area contributed by atoms with Crippen molar-refractivity contribution in [3.05, 3.63) is 59.1 Å². The molecule has 0 spiro atoms. The summed E-state index contributed by atoms with van der Waals surface area (Å²) in [4.78, 5) is 27.3. The van der Waals surface area contributed by atoms with Gasteiger partial charge in [-0.05, 0) is 30.2 Å². The number of likely N-dealkylation sites (N-methyl/N-ethyl adjacent to an activating group) is 1. The van der Waals surface area contributed by atoms with E-state index in [4.69, 9.17) is 16.3 Å². The van der Waals surface area contributed by atoms with E-state index in [1.807, 2.05) is 0 Å². The van der Waals surface area contributed by atoms with Crippen molar-refractivity contribution in [2.75, 3.05) is 31.3 Å². The number of hydrogen-bond acceptors (Lipinski definition) is 5. The van der Waals surface area contributed by atoms with Gasteiger partial charge in [-0.3, -0.25) is 13.9 Å². The average Bonchev–Trinajstić information content (AvgIpc) is 2.77. The van der Waals surface area contributed by atoms with Crippen LogP contribution >= 0.6 is 11.6 Å². The molecule has 10 heteroatoms. The van der Waals surface area contributed by atoms with Gasteiger partial charge in [-0.15, -0.1) is 0 Å². The number of nitrogens with zero attached hydrogens (tertiary/aromatic N) is 2. The molecule has 1 N–H and O–H groups in total. The van der Waals surface area contributed by atoms with Gasteiger partial charge in [-0.2, -0.15) is 0 Å². The van der Waals surface area contributed by atoms with E-state index in [0.717, 1.165) is 10.6 Å². The van der Waals surface area contributed by atoms with E-state index in [9.17, 15) is 18.0 Å². The lowest BCUT2D eigenvalue weighted by atomic mass is 10.1. The van der Waals surface area contributed by atoms with Crippen LogP contribution in [0.2, 0.25) is 5.02 Å². The molecule has 0 aliphatic heterocycles. The van der Waals surface area contributed by atoms with Crippen LogP contribution in [0.4, 0.5) is 5.69 Å². The summed E-state index contributed by atoms with van der Waals surface area (Å²) in [5, 5.41) is 3.01. The van der Waals surface area contributed by atoms with Gasteiger partial charge in [0.1, 0.15) is 18.3 Å². The number of nitrogens with one attached hydrogen (secondary N) is 1. The van der Waals surface area contributed by atoms with Crippen molar-refractivity contribution in [3.63, 3.8) is 0 Å². The molecule has 0 aliphatic carbocycles. The number of rotatable bonds is 10. The third-order valence-corrected chi connectivity index (χ3v) is 6.46. The lowest BCUT2D eigenvalue weighted by Gasteiger charge is -2.33. The van der Waals surface area contributed by atoms with Gasteiger partial charge in [0.15, 0.2) is 0 Å². The molecule has 0 aliphatic rings. The third-order valence-electron chi connectivity index (χ3n) is 4.96. The lowest BCUT2D eigenvalue weighted by molar-refractivity contribution is -0.140. The van der Waals surface area contributed by atoms with E-state index in [1.165, 1.54) is 19.1 Å². The van der Waals surface area contributed by atoms with Crippen LogP contribution in [-0.2, 0) is 26.2 Å². The zero-order valence-corrected chi connectivity index (χ0v) is 20.1. The standard InChI is InChI=1S/C22H28ClN3O5S/c1-5-18(22(28)24-2)25(14-16-10-6-7-11-17(16)23)21(27)15-26(32(4,29)30)19-12-8-9-13-20(19)31-3/h6-13,18H,5,14-15H2,1-4H3,(H,24,28). The molecule has 0 saturated carbocycles. The monoisotopic (exact) mass is 481 g/mol. The number of para-hydroxylation sites is 2. The van der Waals surface area contributed by atoms with E-state index < -0.39 is 28.5 Å². The highest BCUT2D eigenvalue weighted by Crippen LogP contribution is 2.30. The molecule has 0 saturated heterocycles. The molecular weight excluding hydrogens is 454 g/mol. The van der Waals surface area contributed by atoms with Crippen LogP contribution in [-0.4, -0.2) is 58.1 Å². The number of carbonyl (C=O) groups excluding carboxylic acids is 2. The summed E-state index contributed by atoms with van der Waals surface area (Å²) in [7, 11) is -0.932. The molecule has 174 valence electrons. The second kappa shape index (κ2) is 11.2. The van der Waals surface area contributed by atoms with Gasteiger partial charge in [-0.25, -0.2) is 8.42 Å². The fourth-order valence-electron chi connectivity index (χ4n) is 3.33. The van der Waals surface area contributed by atoms with E-state index in [-0.39, 0.29) is 18.1 Å². The molecular formula is C22H28ClN3O5S. The van der Waals surface area contributed by atoms with Crippen molar-refractivity contribution >= 4 is 39.1 Å². The van der Waals surface area contributed by atoms with Crippen LogP contribution in [0.5, 0.6) is 5.75 Å². The Morgan fingerprint density at radius 2 is 1.75 bits per heavy atom. The normalized spacial score (nSPS) is 12.0. The van der Waals surface area contributed by atoms with Crippen LogP contribution in [0.15, 0.2) is 48.5 Å². The van der Waals surface area contributed by atoms with Crippen LogP contribution in [0.1, 0.15) is 18.9 Å². The first-order valence-electron chi connectivity index (χ1n) is 9.99. The summed E-state index contributed by atoms with van der Waals surface area (Å²) in [6.07, 6.45) is 1.35. The van der Waals surface area contributed by atoms with Gasteiger partial charge in [0.05, 0.1) is 19.1 Å². The molecule has 2 aromatic rings. The molecule has 0 fully saturated rings. The van der Waals surface area contributed by atoms with E-state index >= 15 is 0 Å². The zero-order valence-electron chi connectivity index (χ0n) is 18.5. The van der Waals surface area contributed by atoms with Crippen molar-refractivity contribution in [2.45, 2.75) is 25.9 Å². The largest absolute Gasteiger partial charge is 0.495 e. The first-order chi connectivity index (χ1) is 15.1. The first-order valence-corrected chi connectivity index (χ1v) is 12.2. The lowest BCUT2D eigenvalue weighted by Crippen LogP contribution is -2.51. The Hall–Kier alpha value is -2.78. The number of benzene rings is 2. The maximum absolute atomic E-state index is 13.5. The van der Waals surface area contributed by atoms with Crippen molar-refractivity contribution in [3.8, 4) is 5.75 Å². The van der Waals surface area contributed by atoms with Crippen molar-refractivity contribution in [2.24, 2.45) is 0 Å². The summed E-state index contributed by atoms with van der Waals surface area (Å²) in [6, 6.07) is 12.7. The van der Waals surface area contributed by atoms with Crippen molar-refractivity contribution in [1.82, 2.24) is 10.2 Å². The molecule has 8 nitrogen and oxygen atoms in total. The predicted octanol–water partition coefficient (Wildman–Crippen LogP) is 2.67. The maximum atomic E-state index is 13.5. The summed E-state index contributed by atoms with van der Waals surface area (Å²) in [6.45, 7) is 1.33. The summed E-state index contributed by atoms with van der Waals surface area (Å²) in [5.41, 5.74) is 0.879. The Kier molecular flexibility index (Phi) is 8.91. The predicted molar refractivity (Wildman–Crippen MR) is 125 cm³/mol. The van der Waals surface area contributed by atoms with Crippen molar-refractivity contribution < 1.29 is 22.7 Å². The molecule has 2 rings (SSSR count). The summed E-state index contributed by atoms with van der Waals surface area (Å²) in [5.74, 6) is -0.588. The zero-order chi connectivity index (χ0) is 23.9. The number of anilines is 1. The van der Waals surface area contributed by atoms with Crippen LogP contribution < -0.4 is 14.4 Å². The number of sulfonamides is 1. The highest BCUT2D eigenvalue weighted by molar-refractivity contribution is 7.92. The number of methoxy groups -OCH3 is 1. The highest BCUT2D eigenvalue weighted by atomic mass is 35.5. The van der Waals surface area contributed by atoms with Crippen LogP contribution in [0, 0.1) is 0 Å². The second-order valence-electron chi connectivity index (χ2n) is 7.09. The number of hydrogen-bond donors (Lipinski definition) is 1. The van der Waals surface area contributed by atoms with Crippen molar-refractivity contribution in [1.29, 1.82) is 0 Å². The van der Waals surface area contributed by atoms with Crippen LogP contribution in [0.3, 0.4) is 0 Å². The Labute approximate surface area is 194 Å². The molecule has 0 heterocycles. The number of halogens is 1. The molecule has 2 aromatic carbocycles. The Morgan fingerprint density at radius 1 is 1.12 bits per heavy atom. The van der Waals surface area contributed by atoms with Gasteiger partial charge in [0.25, 0.3) is 0 Å². The summed E-state index contributed by atoms with van der Waals surface area (Å²) >= 11 is 6.29. The first kappa shape index (κ1) is 25.5. The molecule has 1 atom stereocenters. The molecule has 0 radical (unpaired) electrons. The molecule has 0 aromatic heterocycles. The minimum atomic E-state index is -3.84. The second-order valence-corrected chi connectivity index (χ2v) is 9.41. The highest BCUT2D eigenvalue weighted by Gasteiger charge is 2.32. The molecule has 32 heavy (non-hydrogen) atoms. The summed E-state index contributed by atoms with van der Waals surface area (Å²) < 4.78 is 31.5. The fourth-order valence-corrected chi connectivity index (χ4v) is 4.38. The van der Waals surface area contributed by atoms with Gasteiger partial charge in [-0.1, -0.05) is 48.9 Å². The smallest absolute Gasteiger partial charge is 0.244 e. The van der Waals surface area contributed by atoms with Gasteiger partial charge >= 0.3 is 0 Å². The van der Waals surface area contributed by atoms with Crippen LogP contribution in [0.25, 0.3) is 0 Å². The molecule has 0 bridgehead atoms. The van der Waals surface area contributed by atoms with E-state index in [1.54, 1.807) is 55.5 Å². The minimum absolute atomic E-state index is 0.0496. The van der Waals surface area contributed by atoms with E-state index in [0.29, 0.717) is 22.8 Å². The third kappa shape index (κ3) is 6.14. The minimum Gasteiger partial charge on any atom is -0.495 e. The fraction of sp³-hybridized carbons (Fsp3) is 0.364. The van der Waals surface area contributed by atoms with Gasteiger partial charge < -0.3 is 15.0 Å². The Balaban J connectivity index is 2.48. The molecule has 2 amide bonds. The Morgan fingerprint density at radius 3 is 2.31 bits per heavy atom. The topological polar surface area (TPSA) is 96.0 Å². The number of carbonyl (C=O) groups is 2. The quantitative estimate of drug-likeness (QED) is 0.562. The molecule has 1 unspecified atom stereocenters. The SMILES string of the molecule is CCC(C(=O)NC)N(Cc1ccccc1Cl)C(=O)CN(c1ccccc1OC)S(C)(=O)=O. The van der Waals surface area contributed by atoms with E-state index in [2.05, 4.69) is 5.32 Å². The van der Waals surface area contributed by atoms with Gasteiger partial charge in [0.2, 0.25) is 21.8 Å². The number of ether oxygens (including phenoxy) is 1. The van der Waals surface area contributed by atoms with Gasteiger partial charge in [0, 0.05) is 18.6 Å². The maximum Gasteiger partial charge on any atom is 0.244 e. The average molecular weight is 482 g/mol. The Bertz CT molecular complexity index is 1060. The number of amides is 2.